The fourth-order valence-corrected chi connectivity index (χ4v) is 5.15. The predicted molar refractivity (Wildman–Crippen MR) is 157 cm³/mol. The molecule has 1 fully saturated rings. The van der Waals surface area contributed by atoms with Gasteiger partial charge < -0.3 is 15.0 Å². The second-order valence-electron chi connectivity index (χ2n) is 10.1. The number of nitrogens with one attached hydrogen (secondary N) is 1. The molecule has 6 nitrogen and oxygen atoms in total. The highest BCUT2D eigenvalue weighted by atomic mass is 35.5. The third-order valence-corrected chi connectivity index (χ3v) is 7.89. The van der Waals surface area contributed by atoms with E-state index in [1.807, 2.05) is 65.6 Å². The van der Waals surface area contributed by atoms with Crippen molar-refractivity contribution >= 4 is 35.0 Å². The molecule has 1 heterocycles. The molecular weight excluding hydrogens is 545 g/mol. The molecule has 1 unspecified atom stereocenters. The summed E-state index contributed by atoms with van der Waals surface area (Å²) in [6.07, 6.45) is 3.34. The summed E-state index contributed by atoms with van der Waals surface area (Å²) in [5, 5.41) is 13.5. The maximum atomic E-state index is 12.7. The maximum Gasteiger partial charge on any atom is 0.222 e. The first kappa shape index (κ1) is 29.5. The van der Waals surface area contributed by atoms with Crippen LogP contribution in [0, 0.1) is 17.2 Å². The van der Waals surface area contributed by atoms with E-state index in [9.17, 15) is 14.9 Å². The molecule has 0 aromatic heterocycles. The van der Waals surface area contributed by atoms with E-state index >= 15 is 0 Å². The summed E-state index contributed by atoms with van der Waals surface area (Å²) >= 11 is 12.0. The summed E-state index contributed by atoms with van der Waals surface area (Å²) in [5.74, 6) is 0.928. The molecular formula is C32H33Cl2N3O3. The number of carbonyl (C=O) groups is 2. The zero-order valence-electron chi connectivity index (χ0n) is 22.3. The fourth-order valence-electron chi connectivity index (χ4n) is 4.83. The van der Waals surface area contributed by atoms with E-state index in [1.165, 1.54) is 0 Å². The van der Waals surface area contributed by atoms with E-state index in [0.717, 1.165) is 35.3 Å². The molecule has 1 aliphatic heterocycles. The van der Waals surface area contributed by atoms with E-state index in [4.69, 9.17) is 27.9 Å². The summed E-state index contributed by atoms with van der Waals surface area (Å²) < 4.78 is 5.82. The molecule has 0 bridgehead atoms. The van der Waals surface area contributed by atoms with Crippen molar-refractivity contribution in [2.45, 2.75) is 51.2 Å². The molecule has 40 heavy (non-hydrogen) atoms. The normalized spacial score (nSPS) is 14.3. The van der Waals surface area contributed by atoms with Crippen molar-refractivity contribution in [3.63, 3.8) is 0 Å². The summed E-state index contributed by atoms with van der Waals surface area (Å²) in [5.41, 5.74) is 3.02. The number of piperidine rings is 1. The average Bonchev–Trinajstić information content (AvgIpc) is 2.97. The van der Waals surface area contributed by atoms with E-state index in [2.05, 4.69) is 11.4 Å². The van der Waals surface area contributed by atoms with Gasteiger partial charge in [0.15, 0.2) is 0 Å². The van der Waals surface area contributed by atoms with Crippen LogP contribution in [0.15, 0.2) is 72.8 Å². The number of halogens is 2. The number of rotatable bonds is 11. The third-order valence-electron chi connectivity index (χ3n) is 7.16. The topological polar surface area (TPSA) is 82.4 Å². The number of amides is 2. The van der Waals surface area contributed by atoms with Crippen LogP contribution in [0.3, 0.4) is 0 Å². The Hall–Kier alpha value is -3.53. The Balaban J connectivity index is 1.16. The van der Waals surface area contributed by atoms with Crippen LogP contribution in [0.2, 0.25) is 10.0 Å². The van der Waals surface area contributed by atoms with Crippen LogP contribution >= 0.6 is 23.2 Å². The quantitative estimate of drug-likeness (QED) is 0.286. The van der Waals surface area contributed by atoms with Crippen molar-refractivity contribution in [2.24, 2.45) is 5.92 Å². The van der Waals surface area contributed by atoms with Crippen LogP contribution in [0.4, 0.5) is 0 Å². The number of hydrogen-bond donors (Lipinski definition) is 1. The van der Waals surface area contributed by atoms with E-state index in [0.29, 0.717) is 55.4 Å². The monoisotopic (exact) mass is 577 g/mol. The summed E-state index contributed by atoms with van der Waals surface area (Å²) in [6.45, 7) is 1.76. The fraction of sp³-hybridized carbons (Fsp3) is 0.344. The Kier molecular flexibility index (Phi) is 10.9. The van der Waals surface area contributed by atoms with Crippen molar-refractivity contribution in [1.29, 1.82) is 5.26 Å². The van der Waals surface area contributed by atoms with Crippen LogP contribution in [-0.2, 0) is 29.0 Å². The number of nitrogens with zero attached hydrogens (tertiary/aromatic N) is 2. The van der Waals surface area contributed by atoms with Gasteiger partial charge in [0.05, 0.1) is 16.1 Å². The number of likely N-dealkylation sites (tertiary alicyclic amines) is 1. The minimum Gasteiger partial charge on any atom is -0.489 e. The highest BCUT2D eigenvalue weighted by Gasteiger charge is 2.25. The molecule has 1 N–H and O–H groups in total. The predicted octanol–water partition coefficient (Wildman–Crippen LogP) is 6.38. The Labute approximate surface area is 245 Å². The van der Waals surface area contributed by atoms with Gasteiger partial charge in [0.25, 0.3) is 0 Å². The van der Waals surface area contributed by atoms with Crippen molar-refractivity contribution in [3.05, 3.63) is 99.5 Å². The molecule has 208 valence electrons. The van der Waals surface area contributed by atoms with Crippen molar-refractivity contribution in [3.8, 4) is 11.8 Å². The second kappa shape index (κ2) is 14.7. The SMILES string of the molecule is N#CC(Cc1ccc(OCc2ccccc2)cc1)NC(=O)CC1CCN(C(=O)CCc2ccc(Cl)c(Cl)c2)CC1. The molecule has 0 spiro atoms. The van der Waals surface area contributed by atoms with Crippen LogP contribution in [0.5, 0.6) is 5.75 Å². The first-order valence-electron chi connectivity index (χ1n) is 13.6. The summed E-state index contributed by atoms with van der Waals surface area (Å²) in [7, 11) is 0. The molecule has 2 amide bonds. The van der Waals surface area contributed by atoms with Gasteiger partial charge in [0.1, 0.15) is 18.4 Å². The van der Waals surface area contributed by atoms with Gasteiger partial charge >= 0.3 is 0 Å². The van der Waals surface area contributed by atoms with Crippen LogP contribution < -0.4 is 10.1 Å². The smallest absolute Gasteiger partial charge is 0.222 e. The lowest BCUT2D eigenvalue weighted by molar-refractivity contribution is -0.132. The third kappa shape index (κ3) is 9.01. The number of benzene rings is 3. The molecule has 1 aliphatic rings. The molecule has 0 aliphatic carbocycles. The van der Waals surface area contributed by atoms with Gasteiger partial charge in [-0.15, -0.1) is 0 Å². The molecule has 3 aromatic rings. The molecule has 1 atom stereocenters. The Bertz CT molecular complexity index is 1320. The van der Waals surface area contributed by atoms with Gasteiger partial charge in [-0.05, 0) is 66.1 Å². The zero-order chi connectivity index (χ0) is 28.3. The maximum absolute atomic E-state index is 12.7. The number of hydrogen-bond acceptors (Lipinski definition) is 4. The second-order valence-corrected chi connectivity index (χ2v) is 11.0. The van der Waals surface area contributed by atoms with Gasteiger partial charge in [-0.25, -0.2) is 0 Å². The highest BCUT2D eigenvalue weighted by Crippen LogP contribution is 2.24. The van der Waals surface area contributed by atoms with Crippen molar-refractivity contribution in [2.75, 3.05) is 13.1 Å². The molecule has 8 heteroatoms. The minimum absolute atomic E-state index is 0.106. The minimum atomic E-state index is -0.605. The van der Waals surface area contributed by atoms with Crippen LogP contribution in [0.25, 0.3) is 0 Å². The molecule has 0 saturated carbocycles. The van der Waals surface area contributed by atoms with Gasteiger partial charge in [-0.3, -0.25) is 9.59 Å². The standard InChI is InChI=1S/C32H33Cl2N3O3/c33-29-12-8-24(19-30(29)34)9-13-32(39)37-16-14-25(15-17-37)20-31(38)36-27(21-35)18-23-6-10-28(11-7-23)40-22-26-4-2-1-3-5-26/h1-8,10-12,19,25,27H,9,13-18,20,22H2,(H,36,38). The largest absolute Gasteiger partial charge is 0.489 e. The van der Waals surface area contributed by atoms with Gasteiger partial charge in [-0.2, -0.15) is 5.26 Å². The average molecular weight is 579 g/mol. The number of aryl methyl sites for hydroxylation is 1. The molecule has 0 radical (unpaired) electrons. The van der Waals surface area contributed by atoms with Crippen molar-refractivity contribution in [1.82, 2.24) is 10.2 Å². The van der Waals surface area contributed by atoms with E-state index in [1.54, 1.807) is 12.1 Å². The van der Waals surface area contributed by atoms with Gasteiger partial charge in [0.2, 0.25) is 11.8 Å². The Morgan fingerprint density at radius 2 is 1.65 bits per heavy atom. The first-order valence-corrected chi connectivity index (χ1v) is 14.3. The highest BCUT2D eigenvalue weighted by molar-refractivity contribution is 6.42. The number of carbonyl (C=O) groups excluding carboxylic acids is 2. The number of nitriles is 1. The molecule has 1 saturated heterocycles. The van der Waals surface area contributed by atoms with Crippen LogP contribution in [-0.4, -0.2) is 35.8 Å². The Morgan fingerprint density at radius 1 is 0.950 bits per heavy atom. The lowest BCUT2D eigenvalue weighted by atomic mass is 9.92. The lowest BCUT2D eigenvalue weighted by Crippen LogP contribution is -2.41. The lowest BCUT2D eigenvalue weighted by Gasteiger charge is -2.32. The van der Waals surface area contributed by atoms with E-state index in [-0.39, 0.29) is 17.7 Å². The first-order chi connectivity index (χ1) is 19.4. The van der Waals surface area contributed by atoms with Gasteiger partial charge in [-0.1, -0.05) is 71.7 Å². The molecule has 3 aromatic carbocycles. The van der Waals surface area contributed by atoms with Crippen molar-refractivity contribution < 1.29 is 14.3 Å². The summed E-state index contributed by atoms with van der Waals surface area (Å²) in [4.78, 5) is 27.2. The number of ether oxygens (including phenoxy) is 1. The van der Waals surface area contributed by atoms with Crippen LogP contribution in [0.1, 0.15) is 42.4 Å². The molecule has 4 rings (SSSR count). The van der Waals surface area contributed by atoms with E-state index < -0.39 is 6.04 Å². The zero-order valence-corrected chi connectivity index (χ0v) is 23.8. The Morgan fingerprint density at radius 3 is 2.33 bits per heavy atom. The summed E-state index contributed by atoms with van der Waals surface area (Å²) in [6, 6.07) is 24.6. The van der Waals surface area contributed by atoms with Gasteiger partial charge in [0, 0.05) is 32.4 Å².